The molecule has 0 aliphatic rings. The van der Waals surface area contributed by atoms with Crippen LogP contribution in [-0.4, -0.2) is 21.1 Å². The Morgan fingerprint density at radius 2 is 1.74 bits per heavy atom. The van der Waals surface area contributed by atoms with Gasteiger partial charge in [0, 0.05) is 18.5 Å². The molecule has 0 saturated heterocycles. The van der Waals surface area contributed by atoms with Crippen LogP contribution >= 0.6 is 0 Å². The normalized spacial score (nSPS) is 10.3. The fourth-order valence-electron chi connectivity index (χ4n) is 2.17. The van der Waals surface area contributed by atoms with E-state index in [0.29, 0.717) is 18.7 Å². The predicted molar refractivity (Wildman–Crippen MR) is 89.5 cm³/mol. The first-order chi connectivity index (χ1) is 11.3. The predicted octanol–water partition coefficient (Wildman–Crippen LogP) is 3.12. The molecule has 0 atom stereocenters. The number of hydrogen-bond acceptors (Lipinski definition) is 4. The molecule has 0 aliphatic carbocycles. The molecule has 6 nitrogen and oxygen atoms in total. The second-order valence-corrected chi connectivity index (χ2v) is 5.02. The number of H-pyrrole nitrogens is 1. The average molecular weight is 307 g/mol. The van der Waals surface area contributed by atoms with Crippen molar-refractivity contribution in [3.8, 4) is 0 Å². The van der Waals surface area contributed by atoms with E-state index >= 15 is 0 Å². The van der Waals surface area contributed by atoms with Crippen molar-refractivity contribution in [2.45, 2.75) is 12.8 Å². The first-order valence-corrected chi connectivity index (χ1v) is 7.36. The maximum absolute atomic E-state index is 12.1. The number of aromatic amines is 1. The lowest BCUT2D eigenvalue weighted by Gasteiger charge is -2.13. The van der Waals surface area contributed by atoms with E-state index < -0.39 is 0 Å². The lowest BCUT2D eigenvalue weighted by Crippen LogP contribution is -2.13. The Morgan fingerprint density at radius 3 is 2.48 bits per heavy atom. The van der Waals surface area contributed by atoms with E-state index in [1.54, 1.807) is 0 Å². The zero-order valence-corrected chi connectivity index (χ0v) is 12.5. The van der Waals surface area contributed by atoms with Gasteiger partial charge < -0.3 is 10.6 Å². The van der Waals surface area contributed by atoms with E-state index in [1.807, 2.05) is 54.6 Å². The molecule has 0 saturated carbocycles. The van der Waals surface area contributed by atoms with E-state index in [1.165, 1.54) is 6.33 Å². The van der Waals surface area contributed by atoms with Crippen molar-refractivity contribution in [3.63, 3.8) is 0 Å². The summed E-state index contributed by atoms with van der Waals surface area (Å²) in [5.74, 6) is 0.638. The number of nitrogens with one attached hydrogen (secondary N) is 3. The second kappa shape index (κ2) is 7.22. The third-order valence-corrected chi connectivity index (χ3v) is 3.31. The van der Waals surface area contributed by atoms with Crippen molar-refractivity contribution in [2.75, 3.05) is 10.6 Å². The number of aryl methyl sites for hydroxylation is 1. The first kappa shape index (κ1) is 14.8. The third kappa shape index (κ3) is 4.16. The summed E-state index contributed by atoms with van der Waals surface area (Å²) in [7, 11) is 0. The first-order valence-electron chi connectivity index (χ1n) is 7.36. The van der Waals surface area contributed by atoms with Crippen LogP contribution in [0.2, 0.25) is 0 Å². The molecule has 1 amide bonds. The molecule has 0 radical (unpaired) electrons. The second-order valence-electron chi connectivity index (χ2n) is 5.02. The molecule has 3 aromatic rings. The number of carbonyl (C=O) groups excluding carboxylic acids is 1. The minimum atomic E-state index is -0.0660. The highest BCUT2D eigenvalue weighted by molar-refractivity contribution is 5.94. The molecule has 1 aromatic heterocycles. The summed E-state index contributed by atoms with van der Waals surface area (Å²) in [6, 6.07) is 17.4. The van der Waals surface area contributed by atoms with Crippen LogP contribution in [0.3, 0.4) is 0 Å². The average Bonchev–Trinajstić information content (AvgIpc) is 3.09. The molecular formula is C17H17N5O. The van der Waals surface area contributed by atoms with Gasteiger partial charge in [-0.3, -0.25) is 9.89 Å². The highest BCUT2D eigenvalue weighted by atomic mass is 16.1. The zero-order chi connectivity index (χ0) is 15.9. The van der Waals surface area contributed by atoms with Crippen molar-refractivity contribution in [1.29, 1.82) is 0 Å². The Bertz CT molecular complexity index is 756. The van der Waals surface area contributed by atoms with Crippen molar-refractivity contribution < 1.29 is 4.79 Å². The molecule has 2 aromatic carbocycles. The van der Waals surface area contributed by atoms with Crippen LogP contribution in [0.4, 0.5) is 17.1 Å². The van der Waals surface area contributed by atoms with Crippen molar-refractivity contribution in [3.05, 3.63) is 66.7 Å². The number of amides is 1. The monoisotopic (exact) mass is 307 g/mol. The van der Waals surface area contributed by atoms with Gasteiger partial charge in [-0.05, 0) is 24.3 Å². The van der Waals surface area contributed by atoms with Crippen LogP contribution < -0.4 is 10.6 Å². The Balaban J connectivity index is 1.64. The van der Waals surface area contributed by atoms with Gasteiger partial charge in [0.1, 0.15) is 12.2 Å². The van der Waals surface area contributed by atoms with Crippen LogP contribution in [0.5, 0.6) is 0 Å². The van der Waals surface area contributed by atoms with Crippen LogP contribution in [0.15, 0.2) is 60.9 Å². The number of aromatic nitrogens is 3. The lowest BCUT2D eigenvalue weighted by atomic mass is 10.2. The number of hydrogen-bond donors (Lipinski definition) is 3. The van der Waals surface area contributed by atoms with Gasteiger partial charge in [0.15, 0.2) is 0 Å². The number of nitrogens with zero attached hydrogens (tertiary/aromatic N) is 2. The number of carbonyl (C=O) groups is 1. The molecule has 3 N–H and O–H groups in total. The van der Waals surface area contributed by atoms with Gasteiger partial charge in [0.25, 0.3) is 0 Å². The van der Waals surface area contributed by atoms with Crippen molar-refractivity contribution in [1.82, 2.24) is 15.2 Å². The van der Waals surface area contributed by atoms with E-state index in [4.69, 9.17) is 0 Å². The molecule has 6 heteroatoms. The number of benzene rings is 2. The van der Waals surface area contributed by atoms with Gasteiger partial charge in [0.05, 0.1) is 11.4 Å². The fourth-order valence-corrected chi connectivity index (χ4v) is 2.17. The van der Waals surface area contributed by atoms with Crippen LogP contribution in [-0.2, 0) is 11.2 Å². The van der Waals surface area contributed by atoms with Gasteiger partial charge in [0.2, 0.25) is 5.91 Å². The van der Waals surface area contributed by atoms with Gasteiger partial charge in [-0.2, -0.15) is 5.10 Å². The minimum absolute atomic E-state index is 0.0660. The molecule has 0 aliphatic heterocycles. The highest BCUT2D eigenvalue weighted by Gasteiger charge is 2.08. The third-order valence-electron chi connectivity index (χ3n) is 3.31. The van der Waals surface area contributed by atoms with Crippen molar-refractivity contribution >= 4 is 23.0 Å². The molecule has 1 heterocycles. The van der Waals surface area contributed by atoms with Gasteiger partial charge in [-0.25, -0.2) is 4.98 Å². The standard InChI is InChI=1S/C17H17N5O/c23-17(11-10-16-18-12-19-22-16)21-15-9-5-4-8-14(15)20-13-6-2-1-3-7-13/h1-9,12,20H,10-11H2,(H,21,23)(H,18,19,22). The van der Waals surface area contributed by atoms with E-state index in [-0.39, 0.29) is 5.91 Å². The lowest BCUT2D eigenvalue weighted by molar-refractivity contribution is -0.116. The van der Waals surface area contributed by atoms with Gasteiger partial charge >= 0.3 is 0 Å². The van der Waals surface area contributed by atoms with E-state index in [2.05, 4.69) is 25.8 Å². The molecule has 0 bridgehead atoms. The molecule has 116 valence electrons. The maximum atomic E-state index is 12.1. The van der Waals surface area contributed by atoms with Gasteiger partial charge in [-0.1, -0.05) is 30.3 Å². The Kier molecular flexibility index (Phi) is 4.63. The Labute approximate surface area is 134 Å². The van der Waals surface area contributed by atoms with E-state index in [0.717, 1.165) is 17.1 Å². The molecule has 23 heavy (non-hydrogen) atoms. The number of anilines is 3. The number of rotatable bonds is 6. The number of para-hydroxylation sites is 3. The van der Waals surface area contributed by atoms with Crippen LogP contribution in [0.1, 0.15) is 12.2 Å². The molecule has 0 spiro atoms. The maximum Gasteiger partial charge on any atom is 0.224 e. The summed E-state index contributed by atoms with van der Waals surface area (Å²) < 4.78 is 0. The quantitative estimate of drug-likeness (QED) is 0.653. The molecule has 0 fully saturated rings. The summed E-state index contributed by atoms with van der Waals surface area (Å²) in [6.07, 6.45) is 2.31. The summed E-state index contributed by atoms with van der Waals surface area (Å²) in [6.45, 7) is 0. The highest BCUT2D eigenvalue weighted by Crippen LogP contribution is 2.25. The Morgan fingerprint density at radius 1 is 1.00 bits per heavy atom. The Hall–Kier alpha value is -3.15. The summed E-state index contributed by atoms with van der Waals surface area (Å²) in [4.78, 5) is 16.1. The van der Waals surface area contributed by atoms with Crippen LogP contribution in [0.25, 0.3) is 0 Å². The topological polar surface area (TPSA) is 82.7 Å². The minimum Gasteiger partial charge on any atom is -0.354 e. The summed E-state index contributed by atoms with van der Waals surface area (Å²) in [5.41, 5.74) is 2.57. The smallest absolute Gasteiger partial charge is 0.224 e. The van der Waals surface area contributed by atoms with Crippen molar-refractivity contribution in [2.24, 2.45) is 0 Å². The summed E-state index contributed by atoms with van der Waals surface area (Å²) in [5, 5.41) is 12.7. The summed E-state index contributed by atoms with van der Waals surface area (Å²) >= 11 is 0. The van der Waals surface area contributed by atoms with E-state index in [9.17, 15) is 4.79 Å². The molecule has 0 unspecified atom stereocenters. The fraction of sp³-hybridized carbons (Fsp3) is 0.118. The molecule has 3 rings (SSSR count). The largest absolute Gasteiger partial charge is 0.354 e. The SMILES string of the molecule is O=C(CCc1ncn[nH]1)Nc1ccccc1Nc1ccccc1. The zero-order valence-electron chi connectivity index (χ0n) is 12.5. The van der Waals surface area contributed by atoms with Gasteiger partial charge in [-0.15, -0.1) is 0 Å². The molecular weight excluding hydrogens is 290 g/mol. The van der Waals surface area contributed by atoms with Crippen LogP contribution in [0, 0.1) is 0 Å².